The first-order chi connectivity index (χ1) is 5.36. The van der Waals surface area contributed by atoms with E-state index in [-0.39, 0.29) is 59.1 Å². The second-order valence-corrected chi connectivity index (χ2v) is 3.47. The van der Waals surface area contributed by atoms with E-state index >= 15 is 0 Å². The maximum absolute atomic E-state index is 9.56. The number of carboxylic acids is 2. The number of carbonyl (C=O) groups is 2. The molecule has 8 heteroatoms. The van der Waals surface area contributed by atoms with Crippen molar-refractivity contribution in [2.75, 3.05) is 12.5 Å². The van der Waals surface area contributed by atoms with Crippen molar-refractivity contribution in [3.63, 3.8) is 0 Å². The maximum atomic E-state index is 9.56. The van der Waals surface area contributed by atoms with Gasteiger partial charge in [-0.3, -0.25) is 4.21 Å². The number of hydrogen-bond acceptors (Lipinski definition) is 5. The third kappa shape index (κ3) is 51.6. The van der Waals surface area contributed by atoms with Gasteiger partial charge in [-0.25, -0.2) is 0 Å². The summed E-state index contributed by atoms with van der Waals surface area (Å²) in [5.74, 6) is -2.73. The number of carbonyl (C=O) groups excluding carboxylic acids is 2. The molecule has 0 saturated carbocycles. The summed E-state index contributed by atoms with van der Waals surface area (Å²) in [6.45, 7) is 0. The molecule has 0 aliphatic carbocycles. The van der Waals surface area contributed by atoms with Gasteiger partial charge < -0.3 is 19.8 Å². The van der Waals surface area contributed by atoms with Crippen molar-refractivity contribution in [2.45, 2.75) is 12.8 Å². The average Bonchev–Trinajstić information content (AvgIpc) is 1.82. The molecule has 0 amide bonds. The molecule has 14 heavy (non-hydrogen) atoms. The van der Waals surface area contributed by atoms with E-state index in [1.807, 2.05) is 0 Å². The quantitative estimate of drug-likeness (QED) is 0.456. The SMILES string of the molecule is CS(C)=O.O=C([O-])CCC(=O)[O-].[Na+].[Na+]. The fourth-order valence-corrected chi connectivity index (χ4v) is 0.204. The Balaban J connectivity index is -0.0000000733. The molecule has 0 saturated heterocycles. The van der Waals surface area contributed by atoms with Gasteiger partial charge in [-0.15, -0.1) is 0 Å². The average molecular weight is 240 g/mol. The van der Waals surface area contributed by atoms with Crippen LogP contribution in [0.1, 0.15) is 12.8 Å². The minimum absolute atomic E-state index is 0. The van der Waals surface area contributed by atoms with E-state index in [1.165, 1.54) is 0 Å². The second-order valence-electron chi connectivity index (χ2n) is 1.99. The normalized spacial score (nSPS) is 7.36. The smallest absolute Gasteiger partial charge is 0.550 e. The summed E-state index contributed by atoms with van der Waals surface area (Å²) >= 11 is 0. The number of carboxylic acid groups (broad SMARTS) is 2. The molecule has 0 bridgehead atoms. The van der Waals surface area contributed by atoms with Crippen molar-refractivity contribution < 1.29 is 83.1 Å². The molecule has 0 atom stereocenters. The maximum Gasteiger partial charge on any atom is 1.00 e. The van der Waals surface area contributed by atoms with Crippen LogP contribution in [0.15, 0.2) is 0 Å². The summed E-state index contributed by atoms with van der Waals surface area (Å²) < 4.78 is 9.56. The van der Waals surface area contributed by atoms with Crippen molar-refractivity contribution >= 4 is 22.7 Å². The first kappa shape index (κ1) is 24.4. The molecular formula is C6H10Na2O5S. The first-order valence-electron chi connectivity index (χ1n) is 3.01. The molecule has 72 valence electrons. The predicted molar refractivity (Wildman–Crippen MR) is 39.2 cm³/mol. The van der Waals surface area contributed by atoms with Gasteiger partial charge in [0.05, 0.1) is 0 Å². The van der Waals surface area contributed by atoms with Gasteiger partial charge in [0.2, 0.25) is 0 Å². The van der Waals surface area contributed by atoms with E-state index in [9.17, 15) is 24.0 Å². The van der Waals surface area contributed by atoms with Gasteiger partial charge in [-0.05, 0) is 12.8 Å². The van der Waals surface area contributed by atoms with E-state index in [2.05, 4.69) is 0 Å². The van der Waals surface area contributed by atoms with Crippen LogP contribution in [0.2, 0.25) is 0 Å². The van der Waals surface area contributed by atoms with Gasteiger partial charge in [-0.1, -0.05) is 0 Å². The van der Waals surface area contributed by atoms with E-state index in [4.69, 9.17) is 0 Å². The Kier molecular flexibility index (Phi) is 28.7. The van der Waals surface area contributed by atoms with Crippen molar-refractivity contribution in [1.29, 1.82) is 0 Å². The predicted octanol–water partition coefficient (Wildman–Crippen LogP) is -8.73. The Bertz CT molecular complexity index is 167. The van der Waals surface area contributed by atoms with E-state index in [1.54, 1.807) is 12.5 Å². The largest absolute Gasteiger partial charge is 1.00 e. The Morgan fingerprint density at radius 1 is 1.00 bits per heavy atom. The third-order valence-corrected chi connectivity index (χ3v) is 0.533. The molecule has 0 aliphatic rings. The minimum atomic E-state index is -1.37. The van der Waals surface area contributed by atoms with Gasteiger partial charge in [0.25, 0.3) is 0 Å². The Morgan fingerprint density at radius 3 is 1.21 bits per heavy atom. The van der Waals surface area contributed by atoms with Crippen LogP contribution in [0.3, 0.4) is 0 Å². The van der Waals surface area contributed by atoms with Crippen LogP contribution in [-0.4, -0.2) is 28.7 Å². The van der Waals surface area contributed by atoms with Crippen LogP contribution in [0.25, 0.3) is 0 Å². The molecule has 0 unspecified atom stereocenters. The number of rotatable bonds is 3. The Labute approximate surface area is 130 Å². The van der Waals surface area contributed by atoms with Crippen LogP contribution < -0.4 is 69.3 Å². The molecule has 0 aromatic heterocycles. The van der Waals surface area contributed by atoms with Gasteiger partial charge in [0.1, 0.15) is 0 Å². The molecule has 0 rings (SSSR count). The van der Waals surface area contributed by atoms with Crippen LogP contribution in [0, 0.1) is 0 Å². The fraction of sp³-hybridized carbons (Fsp3) is 0.667. The Hall–Kier alpha value is 1.09. The molecule has 0 heterocycles. The summed E-state index contributed by atoms with van der Waals surface area (Å²) in [5.41, 5.74) is 0. The Morgan fingerprint density at radius 2 is 1.14 bits per heavy atom. The standard InChI is InChI=1S/C4H6O4.C2H6OS.2Na/c5-3(6)1-2-4(7)8;1-4(2)3;;/h1-2H2,(H,5,6)(H,7,8);1-2H3;;/q;;2*+1/p-2. The molecule has 5 nitrogen and oxygen atoms in total. The van der Waals surface area contributed by atoms with Crippen LogP contribution in [0.5, 0.6) is 0 Å². The molecule has 0 aliphatic heterocycles. The summed E-state index contributed by atoms with van der Waals surface area (Å²) in [7, 11) is -0.611. The molecule has 0 fully saturated rings. The van der Waals surface area contributed by atoms with Crippen LogP contribution in [-0.2, 0) is 20.4 Å². The summed E-state index contributed by atoms with van der Waals surface area (Å²) in [5, 5.41) is 19.0. The zero-order chi connectivity index (χ0) is 10.1. The van der Waals surface area contributed by atoms with Crippen molar-refractivity contribution in [2.24, 2.45) is 0 Å². The molecule has 0 radical (unpaired) electrons. The van der Waals surface area contributed by atoms with Gasteiger partial charge >= 0.3 is 59.1 Å². The van der Waals surface area contributed by atoms with Crippen molar-refractivity contribution in [3.05, 3.63) is 0 Å². The molecular weight excluding hydrogens is 230 g/mol. The monoisotopic (exact) mass is 240 g/mol. The summed E-state index contributed by atoms with van der Waals surface area (Å²) in [6.07, 6.45) is 2.34. The zero-order valence-electron chi connectivity index (χ0n) is 8.86. The molecule has 0 aromatic rings. The van der Waals surface area contributed by atoms with E-state index < -0.39 is 35.6 Å². The van der Waals surface area contributed by atoms with Gasteiger partial charge in [0.15, 0.2) is 0 Å². The topological polar surface area (TPSA) is 97.3 Å². The van der Waals surface area contributed by atoms with Gasteiger partial charge in [-0.2, -0.15) is 0 Å². The molecule has 0 aromatic carbocycles. The second kappa shape index (κ2) is 16.5. The van der Waals surface area contributed by atoms with Crippen LogP contribution in [0.4, 0.5) is 0 Å². The number of aliphatic carboxylic acids is 2. The number of hydrogen-bond donors (Lipinski definition) is 0. The molecule has 0 N–H and O–H groups in total. The summed E-state index contributed by atoms with van der Waals surface area (Å²) in [6, 6.07) is 0. The third-order valence-electron chi connectivity index (χ3n) is 0.533. The van der Waals surface area contributed by atoms with E-state index in [0.717, 1.165) is 0 Å². The van der Waals surface area contributed by atoms with Crippen molar-refractivity contribution in [1.82, 2.24) is 0 Å². The van der Waals surface area contributed by atoms with E-state index in [0.29, 0.717) is 0 Å². The first-order valence-corrected chi connectivity index (χ1v) is 4.97. The van der Waals surface area contributed by atoms with Crippen molar-refractivity contribution in [3.8, 4) is 0 Å². The zero-order valence-corrected chi connectivity index (χ0v) is 13.7. The fourth-order valence-electron chi connectivity index (χ4n) is 0.204. The molecule has 0 spiro atoms. The summed E-state index contributed by atoms with van der Waals surface area (Å²) in [4.78, 5) is 19.0. The van der Waals surface area contributed by atoms with Gasteiger partial charge in [0, 0.05) is 35.2 Å². The minimum Gasteiger partial charge on any atom is -0.550 e. The van der Waals surface area contributed by atoms with Crippen LogP contribution >= 0.6 is 0 Å².